The van der Waals surface area contributed by atoms with Gasteiger partial charge < -0.3 is 9.88 Å². The SMILES string of the molecule is CC(C)n1cncc1CNCc1ccc(C#N)cc1. The Morgan fingerprint density at radius 2 is 2.00 bits per heavy atom. The van der Waals surface area contributed by atoms with E-state index in [9.17, 15) is 0 Å². The van der Waals surface area contributed by atoms with Gasteiger partial charge >= 0.3 is 0 Å². The van der Waals surface area contributed by atoms with Gasteiger partial charge in [-0.3, -0.25) is 0 Å². The second-order valence-corrected chi connectivity index (χ2v) is 4.80. The maximum Gasteiger partial charge on any atom is 0.0991 e. The Bertz CT molecular complexity index is 561. The zero-order valence-electron chi connectivity index (χ0n) is 11.3. The molecule has 0 spiro atoms. The Hall–Kier alpha value is -2.12. The van der Waals surface area contributed by atoms with Crippen molar-refractivity contribution in [2.75, 3.05) is 0 Å². The molecule has 1 aromatic carbocycles. The van der Waals surface area contributed by atoms with E-state index in [1.807, 2.05) is 36.8 Å². The van der Waals surface area contributed by atoms with Crippen LogP contribution in [0.4, 0.5) is 0 Å². The molecule has 0 atom stereocenters. The van der Waals surface area contributed by atoms with Gasteiger partial charge in [-0.15, -0.1) is 0 Å². The fraction of sp³-hybridized carbons (Fsp3) is 0.333. The summed E-state index contributed by atoms with van der Waals surface area (Å²) < 4.78 is 2.16. The average Bonchev–Trinajstić information content (AvgIpc) is 2.88. The first-order valence-corrected chi connectivity index (χ1v) is 6.41. The molecule has 2 aromatic rings. The third-order valence-electron chi connectivity index (χ3n) is 3.02. The first-order valence-electron chi connectivity index (χ1n) is 6.41. The normalized spacial score (nSPS) is 10.6. The smallest absolute Gasteiger partial charge is 0.0991 e. The molecule has 2 rings (SSSR count). The molecule has 4 heteroatoms. The van der Waals surface area contributed by atoms with Crippen molar-refractivity contribution in [1.29, 1.82) is 5.26 Å². The van der Waals surface area contributed by atoms with E-state index in [0.717, 1.165) is 13.1 Å². The van der Waals surface area contributed by atoms with Crippen LogP contribution in [0, 0.1) is 11.3 Å². The molecule has 0 saturated carbocycles. The van der Waals surface area contributed by atoms with Crippen LogP contribution >= 0.6 is 0 Å². The molecule has 0 bridgehead atoms. The summed E-state index contributed by atoms with van der Waals surface area (Å²) in [6, 6.07) is 10.2. The molecule has 0 aliphatic carbocycles. The Balaban J connectivity index is 1.89. The number of rotatable bonds is 5. The van der Waals surface area contributed by atoms with Gasteiger partial charge in [-0.2, -0.15) is 5.26 Å². The van der Waals surface area contributed by atoms with Crippen LogP contribution in [0.3, 0.4) is 0 Å². The van der Waals surface area contributed by atoms with Gasteiger partial charge in [0, 0.05) is 25.3 Å². The predicted molar refractivity (Wildman–Crippen MR) is 74.3 cm³/mol. The lowest BCUT2D eigenvalue weighted by molar-refractivity contribution is 0.550. The molecule has 4 nitrogen and oxygen atoms in total. The standard InChI is InChI=1S/C15H18N4/c1-12(2)19-11-18-10-15(19)9-17-8-14-5-3-13(7-16)4-6-14/h3-6,10-12,17H,8-9H2,1-2H3. The molecule has 0 radical (unpaired) electrons. The molecule has 0 aliphatic rings. The summed E-state index contributed by atoms with van der Waals surface area (Å²) >= 11 is 0. The first kappa shape index (κ1) is 13.3. The van der Waals surface area contributed by atoms with Crippen molar-refractivity contribution in [2.45, 2.75) is 33.0 Å². The first-order chi connectivity index (χ1) is 9.20. The minimum absolute atomic E-state index is 0.425. The highest BCUT2D eigenvalue weighted by Gasteiger charge is 2.04. The van der Waals surface area contributed by atoms with Gasteiger partial charge in [0.1, 0.15) is 0 Å². The molecule has 1 heterocycles. The van der Waals surface area contributed by atoms with Crippen LogP contribution in [0.25, 0.3) is 0 Å². The molecule has 0 unspecified atom stereocenters. The summed E-state index contributed by atoms with van der Waals surface area (Å²) in [4.78, 5) is 4.18. The van der Waals surface area contributed by atoms with E-state index in [2.05, 4.69) is 34.8 Å². The summed E-state index contributed by atoms with van der Waals surface area (Å²) in [5, 5.41) is 12.1. The van der Waals surface area contributed by atoms with Gasteiger partial charge in [0.15, 0.2) is 0 Å². The zero-order valence-corrected chi connectivity index (χ0v) is 11.3. The van der Waals surface area contributed by atoms with Crippen molar-refractivity contribution in [3.05, 3.63) is 53.6 Å². The molecule has 19 heavy (non-hydrogen) atoms. The van der Waals surface area contributed by atoms with E-state index in [4.69, 9.17) is 5.26 Å². The number of aromatic nitrogens is 2. The van der Waals surface area contributed by atoms with Gasteiger partial charge in [0.25, 0.3) is 0 Å². The Kier molecular flexibility index (Phi) is 4.32. The minimum atomic E-state index is 0.425. The number of nitrogens with one attached hydrogen (secondary N) is 1. The number of imidazole rings is 1. The third-order valence-corrected chi connectivity index (χ3v) is 3.02. The van der Waals surface area contributed by atoms with E-state index in [0.29, 0.717) is 11.6 Å². The topological polar surface area (TPSA) is 53.6 Å². The Morgan fingerprint density at radius 1 is 1.26 bits per heavy atom. The van der Waals surface area contributed by atoms with Gasteiger partial charge in [-0.25, -0.2) is 4.98 Å². The lowest BCUT2D eigenvalue weighted by Gasteiger charge is -2.12. The van der Waals surface area contributed by atoms with Crippen LogP contribution in [0.2, 0.25) is 0 Å². The summed E-state index contributed by atoms with van der Waals surface area (Å²) in [5.74, 6) is 0. The molecule has 1 N–H and O–H groups in total. The van der Waals surface area contributed by atoms with Crippen LogP contribution in [0.5, 0.6) is 0 Å². The molecular formula is C15H18N4. The van der Waals surface area contributed by atoms with Gasteiger partial charge in [-0.1, -0.05) is 12.1 Å². The summed E-state index contributed by atoms with van der Waals surface area (Å²) in [5.41, 5.74) is 3.06. The highest BCUT2D eigenvalue weighted by atomic mass is 15.1. The van der Waals surface area contributed by atoms with Crippen molar-refractivity contribution >= 4 is 0 Å². The largest absolute Gasteiger partial charge is 0.331 e. The highest BCUT2D eigenvalue weighted by molar-refractivity contribution is 5.31. The molecule has 0 aliphatic heterocycles. The van der Waals surface area contributed by atoms with Crippen molar-refractivity contribution in [3.63, 3.8) is 0 Å². The summed E-state index contributed by atoms with van der Waals surface area (Å²) in [6.07, 6.45) is 3.76. The second kappa shape index (κ2) is 6.17. The predicted octanol–water partition coefficient (Wildman–Crippen LogP) is 2.63. The van der Waals surface area contributed by atoms with E-state index >= 15 is 0 Å². The fourth-order valence-electron chi connectivity index (χ4n) is 1.97. The molecule has 0 saturated heterocycles. The average molecular weight is 254 g/mol. The molecule has 0 fully saturated rings. The second-order valence-electron chi connectivity index (χ2n) is 4.80. The van der Waals surface area contributed by atoms with Crippen molar-refractivity contribution in [2.24, 2.45) is 0 Å². The number of benzene rings is 1. The number of nitrogens with zero attached hydrogens (tertiary/aromatic N) is 3. The minimum Gasteiger partial charge on any atom is -0.331 e. The van der Waals surface area contributed by atoms with Crippen molar-refractivity contribution < 1.29 is 0 Å². The van der Waals surface area contributed by atoms with Crippen LogP contribution in [-0.4, -0.2) is 9.55 Å². The lowest BCUT2D eigenvalue weighted by atomic mass is 10.1. The molecular weight excluding hydrogens is 236 g/mol. The van der Waals surface area contributed by atoms with E-state index in [-0.39, 0.29) is 0 Å². The summed E-state index contributed by atoms with van der Waals surface area (Å²) in [7, 11) is 0. The quantitative estimate of drug-likeness (QED) is 0.892. The maximum absolute atomic E-state index is 8.74. The fourth-order valence-corrected chi connectivity index (χ4v) is 1.97. The van der Waals surface area contributed by atoms with E-state index < -0.39 is 0 Å². The summed E-state index contributed by atoms with van der Waals surface area (Å²) in [6.45, 7) is 5.87. The molecule has 0 amide bonds. The zero-order chi connectivity index (χ0) is 13.7. The van der Waals surface area contributed by atoms with Gasteiger partial charge in [0.05, 0.1) is 23.7 Å². The van der Waals surface area contributed by atoms with Crippen LogP contribution < -0.4 is 5.32 Å². The lowest BCUT2D eigenvalue weighted by Crippen LogP contribution is -2.16. The van der Waals surface area contributed by atoms with Crippen LogP contribution in [0.1, 0.15) is 36.7 Å². The molecule has 1 aromatic heterocycles. The Morgan fingerprint density at radius 3 is 2.63 bits per heavy atom. The third kappa shape index (κ3) is 3.43. The van der Waals surface area contributed by atoms with Gasteiger partial charge in [0.2, 0.25) is 0 Å². The number of hydrogen-bond donors (Lipinski definition) is 1. The van der Waals surface area contributed by atoms with Crippen LogP contribution in [-0.2, 0) is 13.1 Å². The molecule has 98 valence electrons. The van der Waals surface area contributed by atoms with E-state index in [1.54, 1.807) is 0 Å². The number of hydrogen-bond acceptors (Lipinski definition) is 3. The van der Waals surface area contributed by atoms with Crippen LogP contribution in [0.15, 0.2) is 36.8 Å². The monoisotopic (exact) mass is 254 g/mol. The van der Waals surface area contributed by atoms with E-state index in [1.165, 1.54) is 11.3 Å². The Labute approximate surface area is 113 Å². The highest BCUT2D eigenvalue weighted by Crippen LogP contribution is 2.09. The maximum atomic E-state index is 8.74. The van der Waals surface area contributed by atoms with Crippen molar-refractivity contribution in [1.82, 2.24) is 14.9 Å². The van der Waals surface area contributed by atoms with Crippen molar-refractivity contribution in [3.8, 4) is 6.07 Å². The van der Waals surface area contributed by atoms with Gasteiger partial charge in [-0.05, 0) is 31.5 Å². The number of nitriles is 1.